The van der Waals surface area contributed by atoms with Crippen LogP contribution in [0.2, 0.25) is 0 Å². The highest BCUT2D eigenvalue weighted by atomic mass is 19.4. The zero-order valence-corrected chi connectivity index (χ0v) is 9.20. The van der Waals surface area contributed by atoms with Gasteiger partial charge in [0.1, 0.15) is 5.76 Å². The monoisotopic (exact) mass is 264 g/mol. The third-order valence-corrected chi connectivity index (χ3v) is 2.57. The number of aromatic nitrogens is 1. The Morgan fingerprint density at radius 2 is 2.28 bits per heavy atom. The second kappa shape index (κ2) is 4.60. The predicted octanol–water partition coefficient (Wildman–Crippen LogP) is 1.20. The number of hydrogen-bond donors (Lipinski definition) is 2. The summed E-state index contributed by atoms with van der Waals surface area (Å²) >= 11 is 0. The Balaban J connectivity index is 1.87. The lowest BCUT2D eigenvalue weighted by Crippen LogP contribution is -2.40. The number of carbonyl (C=O) groups is 1. The minimum atomic E-state index is -4.75. The number of hydrogen-bond acceptors (Lipinski definition) is 4. The van der Waals surface area contributed by atoms with Gasteiger partial charge in [-0.1, -0.05) is 5.16 Å². The van der Waals surface area contributed by atoms with Crippen molar-refractivity contribution in [3.05, 3.63) is 17.5 Å². The third kappa shape index (κ3) is 3.00. The minimum Gasteiger partial charge on any atom is -0.382 e. The summed E-state index contributed by atoms with van der Waals surface area (Å²) in [4.78, 5) is 11.4. The molecule has 100 valence electrons. The molecule has 0 bridgehead atoms. The lowest BCUT2D eigenvalue weighted by atomic mass is 10.2. The number of aliphatic hydroxyl groups is 1. The van der Waals surface area contributed by atoms with Gasteiger partial charge in [0.05, 0.1) is 6.54 Å². The van der Waals surface area contributed by atoms with E-state index in [1.54, 1.807) is 0 Å². The Kier molecular flexibility index (Phi) is 3.29. The number of alkyl halides is 3. The maximum absolute atomic E-state index is 12.0. The van der Waals surface area contributed by atoms with Crippen molar-refractivity contribution in [2.24, 2.45) is 0 Å². The standard InChI is InChI=1S/C10H11F3N2O3/c11-10(12,13)8(16)4-14-9(17)6-3-7(18-15-6)5-1-2-5/h3,5,8,16H,1-2,4H2,(H,14,17). The van der Waals surface area contributed by atoms with Gasteiger partial charge in [0.25, 0.3) is 5.91 Å². The van der Waals surface area contributed by atoms with E-state index >= 15 is 0 Å². The molecule has 1 aliphatic carbocycles. The van der Waals surface area contributed by atoms with Crippen molar-refractivity contribution in [1.29, 1.82) is 0 Å². The van der Waals surface area contributed by atoms with Gasteiger partial charge < -0.3 is 14.9 Å². The number of aliphatic hydroxyl groups excluding tert-OH is 1. The Morgan fingerprint density at radius 1 is 1.61 bits per heavy atom. The van der Waals surface area contributed by atoms with Gasteiger partial charge in [-0.2, -0.15) is 13.2 Å². The van der Waals surface area contributed by atoms with Crippen LogP contribution in [0.1, 0.15) is 35.0 Å². The third-order valence-electron chi connectivity index (χ3n) is 2.57. The van der Waals surface area contributed by atoms with Crippen LogP contribution in [0.5, 0.6) is 0 Å². The first-order valence-corrected chi connectivity index (χ1v) is 5.37. The first-order valence-electron chi connectivity index (χ1n) is 5.37. The number of halogens is 3. The molecule has 1 saturated carbocycles. The summed E-state index contributed by atoms with van der Waals surface area (Å²) in [6, 6.07) is 1.41. The molecule has 0 spiro atoms. The van der Waals surface area contributed by atoms with Crippen LogP contribution < -0.4 is 5.32 Å². The van der Waals surface area contributed by atoms with Crippen LogP contribution >= 0.6 is 0 Å². The highest BCUT2D eigenvalue weighted by Crippen LogP contribution is 2.40. The zero-order chi connectivity index (χ0) is 13.3. The molecule has 5 nitrogen and oxygen atoms in total. The van der Waals surface area contributed by atoms with Crippen LogP contribution in [0.25, 0.3) is 0 Å². The van der Waals surface area contributed by atoms with Crippen molar-refractivity contribution in [3.63, 3.8) is 0 Å². The average Bonchev–Trinajstić information content (AvgIpc) is 3.02. The number of nitrogens with one attached hydrogen (secondary N) is 1. The lowest BCUT2D eigenvalue weighted by Gasteiger charge is -2.14. The van der Waals surface area contributed by atoms with E-state index in [2.05, 4.69) is 5.16 Å². The summed E-state index contributed by atoms with van der Waals surface area (Å²) in [6.07, 6.45) is -5.42. The molecule has 0 aliphatic heterocycles. The molecule has 1 aliphatic rings. The summed E-state index contributed by atoms with van der Waals surface area (Å²) in [5.74, 6) is 0.0327. The maximum Gasteiger partial charge on any atom is 0.416 e. The first kappa shape index (κ1) is 12.9. The molecule has 0 radical (unpaired) electrons. The molecule has 1 aromatic heterocycles. The normalized spacial score (nSPS) is 17.6. The van der Waals surface area contributed by atoms with Gasteiger partial charge >= 0.3 is 6.18 Å². The van der Waals surface area contributed by atoms with E-state index in [-0.39, 0.29) is 11.6 Å². The predicted molar refractivity (Wildman–Crippen MR) is 52.9 cm³/mol. The molecule has 1 atom stereocenters. The molecule has 1 fully saturated rings. The molecule has 1 unspecified atom stereocenters. The van der Waals surface area contributed by atoms with E-state index in [4.69, 9.17) is 9.63 Å². The molecule has 1 aromatic rings. The molecular weight excluding hydrogens is 253 g/mol. The van der Waals surface area contributed by atoms with Gasteiger partial charge in [0.15, 0.2) is 11.8 Å². The van der Waals surface area contributed by atoms with Crippen molar-refractivity contribution < 1.29 is 27.6 Å². The molecular formula is C10H11F3N2O3. The van der Waals surface area contributed by atoms with Gasteiger partial charge in [-0.15, -0.1) is 0 Å². The van der Waals surface area contributed by atoms with Crippen molar-refractivity contribution in [3.8, 4) is 0 Å². The Hall–Kier alpha value is -1.57. The summed E-state index contributed by atoms with van der Waals surface area (Å²) < 4.78 is 40.8. The second-order valence-electron chi connectivity index (χ2n) is 4.16. The van der Waals surface area contributed by atoms with Gasteiger partial charge in [-0.3, -0.25) is 4.79 Å². The van der Waals surface area contributed by atoms with E-state index in [1.165, 1.54) is 6.07 Å². The fourth-order valence-electron chi connectivity index (χ4n) is 1.35. The van der Waals surface area contributed by atoms with Gasteiger partial charge in [-0.25, -0.2) is 0 Å². The Labute approximate surface area is 99.9 Å². The second-order valence-corrected chi connectivity index (χ2v) is 4.16. The van der Waals surface area contributed by atoms with Crippen LogP contribution in [0, 0.1) is 0 Å². The molecule has 2 rings (SSSR count). The average molecular weight is 264 g/mol. The van der Waals surface area contributed by atoms with Crippen LogP contribution in [-0.4, -0.2) is 35.0 Å². The van der Waals surface area contributed by atoms with E-state index < -0.39 is 24.7 Å². The molecule has 0 aromatic carbocycles. The quantitative estimate of drug-likeness (QED) is 0.857. The minimum absolute atomic E-state index is 0.0775. The molecule has 1 heterocycles. The summed E-state index contributed by atoms with van der Waals surface area (Å²) in [5, 5.41) is 14.1. The summed E-state index contributed by atoms with van der Waals surface area (Å²) in [7, 11) is 0. The van der Waals surface area contributed by atoms with Crippen molar-refractivity contribution in [2.75, 3.05) is 6.54 Å². The van der Waals surface area contributed by atoms with Crippen LogP contribution in [-0.2, 0) is 0 Å². The van der Waals surface area contributed by atoms with Gasteiger partial charge in [0.2, 0.25) is 0 Å². The van der Waals surface area contributed by atoms with Gasteiger partial charge in [-0.05, 0) is 12.8 Å². The Bertz CT molecular complexity index is 440. The van der Waals surface area contributed by atoms with E-state index in [9.17, 15) is 18.0 Å². The number of amides is 1. The highest BCUT2D eigenvalue weighted by Gasteiger charge is 2.38. The molecule has 1 amide bonds. The fourth-order valence-corrected chi connectivity index (χ4v) is 1.35. The Morgan fingerprint density at radius 3 is 2.83 bits per heavy atom. The number of rotatable bonds is 4. The summed E-state index contributed by atoms with van der Waals surface area (Å²) in [6.45, 7) is -0.909. The SMILES string of the molecule is O=C(NCC(O)C(F)(F)F)c1cc(C2CC2)on1. The van der Waals surface area contributed by atoms with Crippen LogP contribution in [0.4, 0.5) is 13.2 Å². The van der Waals surface area contributed by atoms with E-state index in [1.807, 2.05) is 5.32 Å². The van der Waals surface area contributed by atoms with Crippen LogP contribution in [0.3, 0.4) is 0 Å². The largest absolute Gasteiger partial charge is 0.416 e. The van der Waals surface area contributed by atoms with Gasteiger partial charge in [0, 0.05) is 12.0 Å². The molecule has 0 saturated heterocycles. The van der Waals surface area contributed by atoms with Crippen molar-refractivity contribution in [1.82, 2.24) is 10.5 Å². The smallest absolute Gasteiger partial charge is 0.382 e. The van der Waals surface area contributed by atoms with Crippen LogP contribution in [0.15, 0.2) is 10.6 Å². The van der Waals surface area contributed by atoms with Crippen molar-refractivity contribution >= 4 is 5.91 Å². The van der Waals surface area contributed by atoms with Crippen molar-refractivity contribution in [2.45, 2.75) is 31.0 Å². The van der Waals surface area contributed by atoms with E-state index in [0.717, 1.165) is 12.8 Å². The number of carbonyl (C=O) groups excluding carboxylic acids is 1. The lowest BCUT2D eigenvalue weighted by molar-refractivity contribution is -0.201. The molecule has 18 heavy (non-hydrogen) atoms. The molecule has 2 N–H and O–H groups in total. The summed E-state index contributed by atoms with van der Waals surface area (Å²) in [5.41, 5.74) is -0.0775. The van der Waals surface area contributed by atoms with E-state index in [0.29, 0.717) is 5.76 Å². The topological polar surface area (TPSA) is 75.4 Å². The first-order chi connectivity index (χ1) is 8.38. The number of nitrogens with zero attached hydrogens (tertiary/aromatic N) is 1. The highest BCUT2D eigenvalue weighted by molar-refractivity contribution is 5.92. The fraction of sp³-hybridized carbons (Fsp3) is 0.600. The molecule has 8 heteroatoms. The maximum atomic E-state index is 12.0. The zero-order valence-electron chi connectivity index (χ0n) is 9.20.